The number of amides is 2. The summed E-state index contributed by atoms with van der Waals surface area (Å²) in [5.74, 6) is 0.247. The zero-order chi connectivity index (χ0) is 22.4. The molecule has 2 amide bonds. The Balaban J connectivity index is 1.63. The van der Waals surface area contributed by atoms with E-state index in [2.05, 4.69) is 20.9 Å². The van der Waals surface area contributed by atoms with Gasteiger partial charge in [0.2, 0.25) is 5.91 Å². The molecule has 0 atom stereocenters. The Morgan fingerprint density at radius 1 is 1.16 bits per heavy atom. The van der Waals surface area contributed by atoms with Crippen LogP contribution in [0.3, 0.4) is 0 Å². The second-order valence-electron chi connectivity index (χ2n) is 7.10. The van der Waals surface area contributed by atoms with Crippen molar-refractivity contribution in [1.29, 1.82) is 0 Å². The molecule has 3 rings (SSSR count). The van der Waals surface area contributed by atoms with Gasteiger partial charge in [0.25, 0.3) is 5.91 Å². The summed E-state index contributed by atoms with van der Waals surface area (Å²) in [7, 11) is 0. The summed E-state index contributed by atoms with van der Waals surface area (Å²) in [4.78, 5) is 28.7. The van der Waals surface area contributed by atoms with Crippen LogP contribution in [0.4, 0.5) is 10.8 Å². The summed E-state index contributed by atoms with van der Waals surface area (Å²) < 4.78 is 6.52. The minimum absolute atomic E-state index is 0.0168. The Labute approximate surface area is 190 Å². The van der Waals surface area contributed by atoms with Crippen LogP contribution < -0.4 is 20.7 Å². The number of rotatable bonds is 7. The number of anilines is 2. The van der Waals surface area contributed by atoms with Crippen molar-refractivity contribution in [2.75, 3.05) is 10.6 Å². The minimum Gasteiger partial charge on any atom is -0.491 e. The van der Waals surface area contributed by atoms with Crippen LogP contribution in [0.5, 0.6) is 5.75 Å². The summed E-state index contributed by atoms with van der Waals surface area (Å²) in [5, 5.41) is 9.24. The highest BCUT2D eigenvalue weighted by Crippen LogP contribution is 2.28. The number of thiazole rings is 1. The lowest BCUT2D eigenvalue weighted by Gasteiger charge is -2.12. The van der Waals surface area contributed by atoms with Crippen molar-refractivity contribution >= 4 is 61.5 Å². The van der Waals surface area contributed by atoms with Gasteiger partial charge in [-0.15, -0.1) is 0 Å². The lowest BCUT2D eigenvalue weighted by molar-refractivity contribution is -0.116. The average molecular weight is 457 g/mol. The summed E-state index contributed by atoms with van der Waals surface area (Å²) >= 11 is 6.67. The molecule has 3 aromatic rings. The first-order chi connectivity index (χ1) is 14.8. The van der Waals surface area contributed by atoms with Crippen LogP contribution in [0.1, 0.15) is 44.0 Å². The van der Waals surface area contributed by atoms with Gasteiger partial charge in [-0.25, -0.2) is 4.98 Å². The molecule has 0 aliphatic rings. The van der Waals surface area contributed by atoms with E-state index in [-0.39, 0.29) is 23.0 Å². The van der Waals surface area contributed by atoms with E-state index in [4.69, 9.17) is 17.0 Å². The van der Waals surface area contributed by atoms with Crippen molar-refractivity contribution in [2.24, 2.45) is 0 Å². The molecule has 162 valence electrons. The molecule has 1 heterocycles. The third-order valence-electron chi connectivity index (χ3n) is 4.06. The predicted octanol–water partition coefficient (Wildman–Crippen LogP) is 4.95. The number of carbonyl (C=O) groups is 2. The maximum Gasteiger partial charge on any atom is 0.257 e. The van der Waals surface area contributed by atoms with E-state index in [1.807, 2.05) is 39.0 Å². The Bertz CT molecular complexity index is 1110. The molecule has 0 aliphatic heterocycles. The number of aromatic nitrogens is 1. The number of nitrogens with one attached hydrogen (secondary N) is 3. The van der Waals surface area contributed by atoms with E-state index < -0.39 is 0 Å². The number of fused-ring (bicyclic) bond motifs is 1. The molecule has 0 fully saturated rings. The molecule has 0 saturated heterocycles. The molecular weight excluding hydrogens is 432 g/mol. The van der Waals surface area contributed by atoms with Gasteiger partial charge in [0.05, 0.1) is 16.3 Å². The van der Waals surface area contributed by atoms with Crippen LogP contribution in [0.15, 0.2) is 42.5 Å². The summed E-state index contributed by atoms with van der Waals surface area (Å²) in [6.07, 6.45) is 1.26. The van der Waals surface area contributed by atoms with Crippen LogP contribution in [-0.2, 0) is 4.79 Å². The molecule has 0 radical (unpaired) electrons. The summed E-state index contributed by atoms with van der Waals surface area (Å²) in [5.41, 5.74) is 1.94. The molecule has 1 aromatic heterocycles. The Morgan fingerprint density at radius 3 is 2.71 bits per heavy atom. The van der Waals surface area contributed by atoms with Crippen molar-refractivity contribution in [1.82, 2.24) is 10.3 Å². The van der Waals surface area contributed by atoms with Gasteiger partial charge < -0.3 is 15.4 Å². The first kappa shape index (κ1) is 22.6. The Hall–Kier alpha value is -3.04. The number of hydrogen-bond acceptors (Lipinski definition) is 6. The van der Waals surface area contributed by atoms with Gasteiger partial charge in [0.1, 0.15) is 5.75 Å². The molecule has 0 aliphatic carbocycles. The van der Waals surface area contributed by atoms with E-state index in [1.165, 1.54) is 11.3 Å². The highest BCUT2D eigenvalue weighted by molar-refractivity contribution is 7.80. The van der Waals surface area contributed by atoms with Gasteiger partial charge in [-0.05, 0) is 68.9 Å². The molecule has 0 bridgehead atoms. The van der Waals surface area contributed by atoms with Gasteiger partial charge in [-0.3, -0.25) is 14.9 Å². The lowest BCUT2D eigenvalue weighted by atomic mass is 10.2. The number of hydrogen-bond donors (Lipinski definition) is 3. The molecule has 31 heavy (non-hydrogen) atoms. The van der Waals surface area contributed by atoms with Crippen LogP contribution >= 0.6 is 23.6 Å². The van der Waals surface area contributed by atoms with Crippen molar-refractivity contribution < 1.29 is 14.3 Å². The lowest BCUT2D eigenvalue weighted by Crippen LogP contribution is -2.34. The number of nitrogens with zero attached hydrogens (tertiary/aromatic N) is 1. The minimum atomic E-state index is -0.327. The molecule has 9 heteroatoms. The Morgan fingerprint density at radius 2 is 1.97 bits per heavy atom. The third kappa shape index (κ3) is 6.47. The normalized spacial score (nSPS) is 10.7. The molecular formula is C22H24N4O3S2. The van der Waals surface area contributed by atoms with E-state index in [9.17, 15) is 9.59 Å². The van der Waals surface area contributed by atoms with Crippen LogP contribution in [0.2, 0.25) is 0 Å². The molecule has 2 aromatic carbocycles. The highest BCUT2D eigenvalue weighted by Gasteiger charge is 2.11. The van der Waals surface area contributed by atoms with Crippen LogP contribution in [0.25, 0.3) is 10.2 Å². The van der Waals surface area contributed by atoms with Gasteiger partial charge in [-0.1, -0.05) is 24.3 Å². The zero-order valence-electron chi connectivity index (χ0n) is 17.5. The van der Waals surface area contributed by atoms with Crippen LogP contribution in [0, 0.1) is 0 Å². The predicted molar refractivity (Wildman–Crippen MR) is 129 cm³/mol. The first-order valence-corrected chi connectivity index (χ1v) is 11.2. The van der Waals surface area contributed by atoms with Crippen molar-refractivity contribution in [2.45, 2.75) is 39.7 Å². The average Bonchev–Trinajstić information content (AvgIpc) is 3.09. The first-order valence-electron chi connectivity index (χ1n) is 9.93. The zero-order valence-corrected chi connectivity index (χ0v) is 19.2. The fourth-order valence-electron chi connectivity index (χ4n) is 2.79. The third-order valence-corrected chi connectivity index (χ3v) is 5.20. The molecule has 7 nitrogen and oxygen atoms in total. The number of benzene rings is 2. The van der Waals surface area contributed by atoms with Gasteiger partial charge in [0, 0.05) is 17.7 Å². The molecule has 3 N–H and O–H groups in total. The number of ether oxygens (including phenoxy) is 1. The number of carbonyl (C=O) groups excluding carboxylic acids is 2. The van der Waals surface area contributed by atoms with Crippen LogP contribution in [-0.4, -0.2) is 28.0 Å². The quantitative estimate of drug-likeness (QED) is 0.436. The second-order valence-corrected chi connectivity index (χ2v) is 8.54. The van der Waals surface area contributed by atoms with E-state index >= 15 is 0 Å². The maximum atomic E-state index is 12.5. The fourth-order valence-corrected chi connectivity index (χ4v) is 3.92. The Kier molecular flexibility index (Phi) is 7.54. The highest BCUT2D eigenvalue weighted by atomic mass is 32.1. The molecule has 0 spiro atoms. The maximum absolute atomic E-state index is 12.5. The fraction of sp³-hybridized carbons (Fsp3) is 0.273. The smallest absolute Gasteiger partial charge is 0.257 e. The monoisotopic (exact) mass is 456 g/mol. The summed E-state index contributed by atoms with van der Waals surface area (Å²) in [6, 6.07) is 12.5. The van der Waals surface area contributed by atoms with E-state index in [0.29, 0.717) is 28.6 Å². The van der Waals surface area contributed by atoms with Crippen molar-refractivity contribution in [3.05, 3.63) is 48.0 Å². The summed E-state index contributed by atoms with van der Waals surface area (Å²) in [6.45, 7) is 5.80. The van der Waals surface area contributed by atoms with Gasteiger partial charge >= 0.3 is 0 Å². The van der Waals surface area contributed by atoms with Gasteiger partial charge in [-0.2, -0.15) is 0 Å². The molecule has 0 saturated carbocycles. The van der Waals surface area contributed by atoms with Crippen molar-refractivity contribution in [3.8, 4) is 5.75 Å². The standard InChI is InChI=1S/C22H24N4O3S2/c1-4-6-19(27)25-22-24-17-10-9-15(12-18(17)31-22)23-21(30)26-20(28)14-7-5-8-16(11-14)29-13(2)3/h5,7-13H,4,6H2,1-3H3,(H,24,25,27)(H2,23,26,28,30). The van der Waals surface area contributed by atoms with Gasteiger partial charge in [0.15, 0.2) is 10.2 Å². The van der Waals surface area contributed by atoms with E-state index in [0.717, 1.165) is 16.6 Å². The second kappa shape index (κ2) is 10.3. The molecule has 0 unspecified atom stereocenters. The largest absolute Gasteiger partial charge is 0.491 e. The number of thiocarbonyl (C=S) groups is 1. The topological polar surface area (TPSA) is 92.4 Å². The van der Waals surface area contributed by atoms with Crippen molar-refractivity contribution in [3.63, 3.8) is 0 Å². The SMILES string of the molecule is CCCC(=O)Nc1nc2ccc(NC(=S)NC(=O)c3cccc(OC(C)C)c3)cc2s1. The van der Waals surface area contributed by atoms with E-state index in [1.54, 1.807) is 24.3 Å².